The van der Waals surface area contributed by atoms with Crippen molar-refractivity contribution in [1.82, 2.24) is 10.2 Å². The molecule has 0 saturated heterocycles. The second-order valence-corrected chi connectivity index (χ2v) is 9.81. The van der Waals surface area contributed by atoms with E-state index in [1.165, 1.54) is 17.0 Å². The predicted octanol–water partition coefficient (Wildman–Crippen LogP) is 5.60. The highest BCUT2D eigenvalue weighted by atomic mass is 19.1. The van der Waals surface area contributed by atoms with E-state index in [1.807, 2.05) is 12.1 Å². The molecule has 4 rings (SSSR count). The van der Waals surface area contributed by atoms with Crippen LogP contribution in [0, 0.1) is 5.82 Å². The number of hydrogen-bond acceptors (Lipinski definition) is 5. The van der Waals surface area contributed by atoms with Gasteiger partial charge in [0.25, 0.3) is 11.8 Å². The van der Waals surface area contributed by atoms with E-state index in [9.17, 15) is 23.9 Å². The number of nitrogens with zero attached hydrogens (tertiary/aromatic N) is 1. The Morgan fingerprint density at radius 3 is 2.02 bits per heavy atom. The van der Waals surface area contributed by atoms with E-state index in [2.05, 4.69) is 5.32 Å². The van der Waals surface area contributed by atoms with Crippen LogP contribution < -0.4 is 14.8 Å². The maximum atomic E-state index is 14.0. The van der Waals surface area contributed by atoms with E-state index in [0.717, 1.165) is 5.56 Å². The summed E-state index contributed by atoms with van der Waals surface area (Å²) in [5.41, 5.74) is 3.23. The first-order chi connectivity index (χ1) is 20.8. The average Bonchev–Trinajstić information content (AvgIpc) is 3.03. The summed E-state index contributed by atoms with van der Waals surface area (Å²) in [7, 11) is 3.11. The first kappa shape index (κ1) is 30.8. The average molecular weight is 585 g/mol. The van der Waals surface area contributed by atoms with Crippen molar-refractivity contribution in [2.45, 2.75) is 19.4 Å². The summed E-state index contributed by atoms with van der Waals surface area (Å²) < 4.78 is 24.3. The Bertz CT molecular complexity index is 1580. The molecule has 0 fully saturated rings. The van der Waals surface area contributed by atoms with Gasteiger partial charge in [0.05, 0.1) is 20.6 Å². The predicted molar refractivity (Wildman–Crippen MR) is 161 cm³/mol. The van der Waals surface area contributed by atoms with Crippen LogP contribution in [0.25, 0.3) is 11.1 Å². The van der Waals surface area contributed by atoms with Crippen molar-refractivity contribution in [1.29, 1.82) is 0 Å². The molecule has 0 atom stereocenters. The minimum absolute atomic E-state index is 0.000622. The number of halogens is 1. The lowest BCUT2D eigenvalue weighted by atomic mass is 9.94. The van der Waals surface area contributed by atoms with Gasteiger partial charge in [0.1, 0.15) is 17.3 Å². The van der Waals surface area contributed by atoms with Crippen molar-refractivity contribution in [2.75, 3.05) is 27.3 Å². The summed E-state index contributed by atoms with van der Waals surface area (Å²) in [6.45, 7) is 0.370. The summed E-state index contributed by atoms with van der Waals surface area (Å²) in [4.78, 5) is 40.2. The van der Waals surface area contributed by atoms with Crippen LogP contribution in [-0.2, 0) is 17.8 Å². The number of amides is 2. The molecule has 0 aliphatic carbocycles. The van der Waals surface area contributed by atoms with Crippen molar-refractivity contribution < 1.29 is 33.4 Å². The number of carboxylic acids is 1. The number of methoxy groups -OCH3 is 2. The molecular formula is C34H33FN2O6. The topological polar surface area (TPSA) is 105 Å². The molecule has 4 aromatic rings. The van der Waals surface area contributed by atoms with E-state index in [4.69, 9.17) is 9.47 Å². The number of nitrogens with one attached hydrogen (secondary N) is 1. The Morgan fingerprint density at radius 1 is 0.767 bits per heavy atom. The molecule has 4 aromatic carbocycles. The SMILES string of the molecule is COc1cc(CCN(CCC(=O)O)C(=O)c2ccccc2-c2ccccc2C(=O)NCc2cccc(F)c2)cc(OC)c1. The van der Waals surface area contributed by atoms with Crippen molar-refractivity contribution in [3.05, 3.63) is 119 Å². The normalized spacial score (nSPS) is 10.6. The van der Waals surface area contributed by atoms with Crippen LogP contribution in [0.15, 0.2) is 91.0 Å². The van der Waals surface area contributed by atoms with Crippen molar-refractivity contribution >= 4 is 17.8 Å². The molecule has 43 heavy (non-hydrogen) atoms. The summed E-state index contributed by atoms with van der Waals surface area (Å²) in [5, 5.41) is 12.2. The highest BCUT2D eigenvalue weighted by Gasteiger charge is 2.23. The van der Waals surface area contributed by atoms with Gasteiger partial charge >= 0.3 is 5.97 Å². The smallest absolute Gasteiger partial charge is 0.305 e. The fraction of sp³-hybridized carbons (Fsp3) is 0.206. The van der Waals surface area contributed by atoms with E-state index in [1.54, 1.807) is 80.9 Å². The Morgan fingerprint density at radius 2 is 1.40 bits per heavy atom. The third-order valence-electron chi connectivity index (χ3n) is 6.93. The lowest BCUT2D eigenvalue weighted by Crippen LogP contribution is -2.35. The minimum atomic E-state index is -1.02. The second kappa shape index (κ2) is 14.6. The molecule has 0 bridgehead atoms. The molecule has 0 aliphatic heterocycles. The maximum absolute atomic E-state index is 14.0. The highest BCUT2D eigenvalue weighted by Crippen LogP contribution is 2.29. The molecule has 222 valence electrons. The van der Waals surface area contributed by atoms with Crippen molar-refractivity contribution in [3.8, 4) is 22.6 Å². The zero-order valence-corrected chi connectivity index (χ0v) is 24.0. The van der Waals surface area contributed by atoms with Gasteiger partial charge in [-0.05, 0) is 65.1 Å². The number of benzene rings is 4. The molecule has 2 N–H and O–H groups in total. The van der Waals surface area contributed by atoms with Gasteiger partial charge in [-0.15, -0.1) is 0 Å². The summed E-state index contributed by atoms with van der Waals surface area (Å²) >= 11 is 0. The maximum Gasteiger partial charge on any atom is 0.305 e. The number of hydrogen-bond donors (Lipinski definition) is 2. The van der Waals surface area contributed by atoms with Crippen molar-refractivity contribution in [3.63, 3.8) is 0 Å². The first-order valence-corrected chi connectivity index (χ1v) is 13.7. The molecule has 0 aromatic heterocycles. The number of carboxylic acid groups (broad SMARTS) is 1. The monoisotopic (exact) mass is 584 g/mol. The van der Waals surface area contributed by atoms with E-state index in [-0.39, 0.29) is 37.9 Å². The first-order valence-electron chi connectivity index (χ1n) is 13.7. The van der Waals surface area contributed by atoms with E-state index < -0.39 is 11.8 Å². The van der Waals surface area contributed by atoms with Gasteiger partial charge in [-0.1, -0.05) is 48.5 Å². The van der Waals surface area contributed by atoms with Gasteiger partial charge < -0.3 is 24.8 Å². The third-order valence-corrected chi connectivity index (χ3v) is 6.93. The zero-order valence-electron chi connectivity index (χ0n) is 24.0. The largest absolute Gasteiger partial charge is 0.497 e. The third kappa shape index (κ3) is 8.19. The van der Waals surface area contributed by atoms with Gasteiger partial charge in [-0.3, -0.25) is 14.4 Å². The van der Waals surface area contributed by atoms with Crippen LogP contribution in [0.1, 0.15) is 38.3 Å². The minimum Gasteiger partial charge on any atom is -0.497 e. The van der Waals surface area contributed by atoms with Gasteiger partial charge in [-0.2, -0.15) is 0 Å². The Balaban J connectivity index is 1.61. The number of carbonyl (C=O) groups is 3. The van der Waals surface area contributed by atoms with E-state index in [0.29, 0.717) is 45.7 Å². The number of aliphatic carboxylic acids is 1. The molecule has 0 aliphatic rings. The van der Waals surface area contributed by atoms with E-state index >= 15 is 0 Å². The van der Waals surface area contributed by atoms with Crippen LogP contribution in [0.5, 0.6) is 11.5 Å². The van der Waals surface area contributed by atoms with Crippen molar-refractivity contribution in [2.24, 2.45) is 0 Å². The highest BCUT2D eigenvalue weighted by molar-refractivity contribution is 6.06. The molecule has 0 spiro atoms. The Labute approximate surface area is 249 Å². The molecule has 9 heteroatoms. The van der Waals surface area contributed by atoms with Crippen LogP contribution in [0.2, 0.25) is 0 Å². The Kier molecular flexibility index (Phi) is 10.5. The number of carbonyl (C=O) groups excluding carboxylic acids is 2. The van der Waals surface area contributed by atoms with Gasteiger partial charge in [0, 0.05) is 36.8 Å². The zero-order chi connectivity index (χ0) is 30.8. The molecule has 0 unspecified atom stereocenters. The Hall–Kier alpha value is -5.18. The number of rotatable bonds is 13. The lowest BCUT2D eigenvalue weighted by Gasteiger charge is -2.24. The summed E-state index contributed by atoms with van der Waals surface area (Å²) in [6, 6.07) is 25.3. The quantitative estimate of drug-likeness (QED) is 0.212. The van der Waals surface area contributed by atoms with Crippen LogP contribution >= 0.6 is 0 Å². The van der Waals surface area contributed by atoms with Crippen LogP contribution in [0.3, 0.4) is 0 Å². The standard InChI is InChI=1S/C34H33FN2O6/c1-42-26-19-23(20-27(21-26)43-2)14-16-37(17-15-32(38)39)34(41)31-13-6-4-11-29(31)28-10-3-5-12-30(28)33(40)36-22-24-8-7-9-25(35)18-24/h3-13,18-21H,14-17,22H2,1-2H3,(H,36,40)(H,38,39). The molecule has 0 radical (unpaired) electrons. The van der Waals surface area contributed by atoms with Crippen LogP contribution in [-0.4, -0.2) is 55.1 Å². The summed E-state index contributed by atoms with van der Waals surface area (Å²) in [6.07, 6.45) is 0.203. The van der Waals surface area contributed by atoms with Crippen LogP contribution in [0.4, 0.5) is 4.39 Å². The summed E-state index contributed by atoms with van der Waals surface area (Å²) in [5.74, 6) is -0.934. The fourth-order valence-corrected chi connectivity index (χ4v) is 4.74. The molecule has 8 nitrogen and oxygen atoms in total. The fourth-order valence-electron chi connectivity index (χ4n) is 4.74. The second-order valence-electron chi connectivity index (χ2n) is 9.81. The van der Waals surface area contributed by atoms with Gasteiger partial charge in [-0.25, -0.2) is 4.39 Å². The van der Waals surface area contributed by atoms with Gasteiger partial charge in [0.2, 0.25) is 0 Å². The lowest BCUT2D eigenvalue weighted by molar-refractivity contribution is -0.137. The van der Waals surface area contributed by atoms with Gasteiger partial charge in [0.15, 0.2) is 0 Å². The molecule has 2 amide bonds. The molecule has 0 saturated carbocycles. The number of ether oxygens (including phenoxy) is 2. The molecular weight excluding hydrogens is 551 g/mol. The molecule has 0 heterocycles.